The molecule has 0 saturated carbocycles. The molecule has 1 atom stereocenters. The summed E-state index contributed by atoms with van der Waals surface area (Å²) in [7, 11) is 0. The summed E-state index contributed by atoms with van der Waals surface area (Å²) in [5.74, 6) is 1.13. The van der Waals surface area contributed by atoms with E-state index in [0.29, 0.717) is 18.3 Å². The third-order valence-corrected chi connectivity index (χ3v) is 3.66. The SMILES string of the molecule is CCc1cccnc1-c1noc(C(C)(CC)CN)n1. The van der Waals surface area contributed by atoms with Crippen molar-refractivity contribution in [2.75, 3.05) is 6.54 Å². The third-order valence-electron chi connectivity index (χ3n) is 3.66. The minimum absolute atomic E-state index is 0.271. The first kappa shape index (κ1) is 13.7. The number of rotatable bonds is 5. The molecule has 0 fully saturated rings. The maximum Gasteiger partial charge on any atom is 0.234 e. The molecule has 2 aromatic rings. The van der Waals surface area contributed by atoms with Crippen molar-refractivity contribution in [3.8, 4) is 11.5 Å². The van der Waals surface area contributed by atoms with E-state index in [1.54, 1.807) is 6.20 Å². The van der Waals surface area contributed by atoms with E-state index in [1.807, 2.05) is 19.1 Å². The average molecular weight is 260 g/mol. The highest BCUT2D eigenvalue weighted by atomic mass is 16.5. The molecular weight excluding hydrogens is 240 g/mol. The molecule has 0 radical (unpaired) electrons. The van der Waals surface area contributed by atoms with Crippen LogP contribution in [0.4, 0.5) is 0 Å². The molecule has 2 aromatic heterocycles. The van der Waals surface area contributed by atoms with Gasteiger partial charge in [-0.1, -0.05) is 25.1 Å². The molecule has 0 aliphatic heterocycles. The van der Waals surface area contributed by atoms with Crippen molar-refractivity contribution in [1.82, 2.24) is 15.1 Å². The first-order valence-electron chi connectivity index (χ1n) is 6.63. The second kappa shape index (κ2) is 5.48. The van der Waals surface area contributed by atoms with Crippen molar-refractivity contribution < 1.29 is 4.52 Å². The highest BCUT2D eigenvalue weighted by Gasteiger charge is 2.30. The molecule has 19 heavy (non-hydrogen) atoms. The molecule has 0 aliphatic rings. The van der Waals surface area contributed by atoms with Gasteiger partial charge in [-0.15, -0.1) is 0 Å². The van der Waals surface area contributed by atoms with Gasteiger partial charge in [-0.05, 0) is 31.4 Å². The molecular formula is C14H20N4O. The van der Waals surface area contributed by atoms with Crippen molar-refractivity contribution in [1.29, 1.82) is 0 Å². The minimum Gasteiger partial charge on any atom is -0.338 e. The van der Waals surface area contributed by atoms with E-state index in [4.69, 9.17) is 10.3 Å². The molecule has 5 nitrogen and oxygen atoms in total. The van der Waals surface area contributed by atoms with Crippen LogP contribution in [-0.2, 0) is 11.8 Å². The molecule has 0 aliphatic carbocycles. The number of aryl methyl sites for hydroxylation is 1. The fraction of sp³-hybridized carbons (Fsp3) is 0.500. The smallest absolute Gasteiger partial charge is 0.234 e. The Morgan fingerprint density at radius 3 is 2.79 bits per heavy atom. The zero-order valence-electron chi connectivity index (χ0n) is 11.7. The largest absolute Gasteiger partial charge is 0.338 e. The summed E-state index contributed by atoms with van der Waals surface area (Å²) in [4.78, 5) is 8.83. The van der Waals surface area contributed by atoms with E-state index in [0.717, 1.165) is 24.1 Å². The summed E-state index contributed by atoms with van der Waals surface area (Å²) < 4.78 is 5.38. The van der Waals surface area contributed by atoms with Gasteiger partial charge in [-0.3, -0.25) is 4.98 Å². The maximum atomic E-state index is 5.81. The maximum absolute atomic E-state index is 5.81. The van der Waals surface area contributed by atoms with Crippen LogP contribution in [-0.4, -0.2) is 21.7 Å². The van der Waals surface area contributed by atoms with Crippen LogP contribution >= 0.6 is 0 Å². The molecule has 2 heterocycles. The highest BCUT2D eigenvalue weighted by Crippen LogP contribution is 2.27. The lowest BCUT2D eigenvalue weighted by molar-refractivity contribution is 0.291. The van der Waals surface area contributed by atoms with Crippen molar-refractivity contribution in [2.45, 2.75) is 39.0 Å². The molecule has 0 amide bonds. The standard InChI is InChI=1S/C14H20N4O/c1-4-10-7-6-8-16-11(10)12-17-13(19-18-12)14(3,5-2)9-15/h6-8H,4-5,9,15H2,1-3H3. The van der Waals surface area contributed by atoms with E-state index in [9.17, 15) is 0 Å². The van der Waals surface area contributed by atoms with Crippen molar-refractivity contribution in [2.24, 2.45) is 5.73 Å². The molecule has 2 N–H and O–H groups in total. The number of aromatic nitrogens is 3. The summed E-state index contributed by atoms with van der Waals surface area (Å²) in [6.07, 6.45) is 3.48. The number of hydrogen-bond donors (Lipinski definition) is 1. The van der Waals surface area contributed by atoms with E-state index < -0.39 is 0 Å². The van der Waals surface area contributed by atoms with Crippen LogP contribution in [0.3, 0.4) is 0 Å². The molecule has 1 unspecified atom stereocenters. The quantitative estimate of drug-likeness (QED) is 0.892. The molecule has 2 rings (SSSR count). The second-order valence-corrected chi connectivity index (χ2v) is 4.91. The van der Waals surface area contributed by atoms with Gasteiger partial charge < -0.3 is 10.3 Å². The van der Waals surface area contributed by atoms with E-state index >= 15 is 0 Å². The van der Waals surface area contributed by atoms with Gasteiger partial charge in [0, 0.05) is 12.7 Å². The summed E-state index contributed by atoms with van der Waals surface area (Å²) in [6.45, 7) is 6.66. The lowest BCUT2D eigenvalue weighted by Gasteiger charge is -2.20. The Balaban J connectivity index is 2.41. The van der Waals surface area contributed by atoms with Crippen LogP contribution in [0.15, 0.2) is 22.9 Å². The van der Waals surface area contributed by atoms with Crippen LogP contribution in [0, 0.1) is 0 Å². The number of hydrogen-bond acceptors (Lipinski definition) is 5. The fourth-order valence-corrected chi connectivity index (χ4v) is 1.87. The molecule has 0 bridgehead atoms. The van der Waals surface area contributed by atoms with Gasteiger partial charge in [0.15, 0.2) is 0 Å². The topological polar surface area (TPSA) is 77.8 Å². The molecule has 102 valence electrons. The van der Waals surface area contributed by atoms with Crippen molar-refractivity contribution in [3.05, 3.63) is 29.8 Å². The summed E-state index contributed by atoms with van der Waals surface area (Å²) in [6, 6.07) is 3.94. The van der Waals surface area contributed by atoms with Crippen LogP contribution in [0.2, 0.25) is 0 Å². The van der Waals surface area contributed by atoms with Crippen LogP contribution in [0.1, 0.15) is 38.6 Å². The van der Waals surface area contributed by atoms with Crippen molar-refractivity contribution >= 4 is 0 Å². The normalized spacial score (nSPS) is 14.3. The van der Waals surface area contributed by atoms with Crippen LogP contribution in [0.25, 0.3) is 11.5 Å². The Hall–Kier alpha value is -1.75. The Kier molecular flexibility index (Phi) is 3.95. The first-order valence-corrected chi connectivity index (χ1v) is 6.63. The van der Waals surface area contributed by atoms with Gasteiger partial charge in [-0.2, -0.15) is 4.98 Å². The minimum atomic E-state index is -0.271. The predicted molar refractivity (Wildman–Crippen MR) is 73.6 cm³/mol. The monoisotopic (exact) mass is 260 g/mol. The Morgan fingerprint density at radius 2 is 2.16 bits per heavy atom. The lowest BCUT2D eigenvalue weighted by atomic mass is 9.88. The Bertz CT molecular complexity index is 546. The van der Waals surface area contributed by atoms with Gasteiger partial charge in [0.05, 0.1) is 5.41 Å². The number of nitrogens with zero attached hydrogens (tertiary/aromatic N) is 3. The van der Waals surface area contributed by atoms with Gasteiger partial charge in [0.25, 0.3) is 0 Å². The predicted octanol–water partition coefficient (Wildman–Crippen LogP) is 2.32. The zero-order chi connectivity index (χ0) is 13.9. The van der Waals surface area contributed by atoms with E-state index in [1.165, 1.54) is 0 Å². The van der Waals surface area contributed by atoms with E-state index in [-0.39, 0.29) is 5.41 Å². The summed E-state index contributed by atoms with van der Waals surface area (Å²) >= 11 is 0. The average Bonchev–Trinajstić information content (AvgIpc) is 2.96. The lowest BCUT2D eigenvalue weighted by Crippen LogP contribution is -2.31. The third kappa shape index (κ3) is 2.51. The Labute approximate surface area is 113 Å². The fourth-order valence-electron chi connectivity index (χ4n) is 1.87. The zero-order valence-corrected chi connectivity index (χ0v) is 11.7. The second-order valence-electron chi connectivity index (χ2n) is 4.91. The van der Waals surface area contributed by atoms with Gasteiger partial charge in [0.2, 0.25) is 11.7 Å². The van der Waals surface area contributed by atoms with Crippen molar-refractivity contribution in [3.63, 3.8) is 0 Å². The number of pyridine rings is 1. The van der Waals surface area contributed by atoms with Crippen LogP contribution < -0.4 is 5.73 Å². The molecule has 0 saturated heterocycles. The van der Waals surface area contributed by atoms with E-state index in [2.05, 4.69) is 29.0 Å². The summed E-state index contributed by atoms with van der Waals surface area (Å²) in [5.41, 5.74) is 7.44. The highest BCUT2D eigenvalue weighted by molar-refractivity contribution is 5.53. The van der Waals surface area contributed by atoms with Gasteiger partial charge >= 0.3 is 0 Å². The number of nitrogens with two attached hydrogens (primary N) is 1. The Morgan fingerprint density at radius 1 is 1.37 bits per heavy atom. The molecule has 0 spiro atoms. The van der Waals surface area contributed by atoms with Gasteiger partial charge in [-0.25, -0.2) is 0 Å². The van der Waals surface area contributed by atoms with Gasteiger partial charge in [0.1, 0.15) is 5.69 Å². The molecule has 5 heteroatoms. The summed E-state index contributed by atoms with van der Waals surface area (Å²) in [5, 5.41) is 4.05. The first-order chi connectivity index (χ1) is 9.14. The molecule has 0 aromatic carbocycles. The van der Waals surface area contributed by atoms with Crippen LogP contribution in [0.5, 0.6) is 0 Å².